The van der Waals surface area contributed by atoms with Gasteiger partial charge in [-0.2, -0.15) is 0 Å². The summed E-state index contributed by atoms with van der Waals surface area (Å²) in [6, 6.07) is 7.68. The van der Waals surface area contributed by atoms with E-state index in [4.69, 9.17) is 0 Å². The van der Waals surface area contributed by atoms with E-state index in [2.05, 4.69) is 20.6 Å². The summed E-state index contributed by atoms with van der Waals surface area (Å²) in [7, 11) is 0. The first-order valence-electron chi connectivity index (χ1n) is 7.18. The fraction of sp³-hybridized carbons (Fsp3) is 0. The molecule has 132 valence electrons. The maximum absolute atomic E-state index is 13.8. The fourth-order valence-electron chi connectivity index (χ4n) is 2.13. The molecule has 0 aliphatic rings. The van der Waals surface area contributed by atoms with E-state index in [0.717, 1.165) is 36.7 Å². The van der Waals surface area contributed by atoms with Gasteiger partial charge >= 0.3 is 5.69 Å². The molecule has 0 saturated carbocycles. The molecular weight excluding hydrogens is 351 g/mol. The van der Waals surface area contributed by atoms with E-state index in [1.54, 1.807) is 0 Å². The van der Waals surface area contributed by atoms with E-state index in [1.807, 2.05) is 0 Å². The second-order valence-electron chi connectivity index (χ2n) is 5.06. The van der Waals surface area contributed by atoms with Crippen LogP contribution in [-0.2, 0) is 0 Å². The summed E-state index contributed by atoms with van der Waals surface area (Å²) in [5.41, 5.74) is -0.559. The zero-order chi connectivity index (χ0) is 18.7. The van der Waals surface area contributed by atoms with Gasteiger partial charge in [-0.25, -0.2) is 23.1 Å². The largest absolute Gasteiger partial charge is 0.353 e. The Labute approximate surface area is 144 Å². The summed E-state index contributed by atoms with van der Waals surface area (Å²) in [4.78, 5) is 18.2. The van der Waals surface area contributed by atoms with Crippen LogP contribution < -0.4 is 10.6 Å². The van der Waals surface area contributed by atoms with Gasteiger partial charge in [0.25, 0.3) is 0 Å². The van der Waals surface area contributed by atoms with Crippen molar-refractivity contribution >= 4 is 28.7 Å². The van der Waals surface area contributed by atoms with Crippen LogP contribution in [0, 0.1) is 27.6 Å². The Balaban J connectivity index is 1.99. The van der Waals surface area contributed by atoms with Crippen molar-refractivity contribution in [3.63, 3.8) is 0 Å². The molecule has 7 nitrogen and oxygen atoms in total. The number of hydrogen-bond donors (Lipinski definition) is 2. The Hall–Kier alpha value is -3.69. The lowest BCUT2D eigenvalue weighted by Crippen LogP contribution is -2.06. The number of rotatable bonds is 5. The van der Waals surface area contributed by atoms with Crippen LogP contribution in [0.4, 0.5) is 41.9 Å². The van der Waals surface area contributed by atoms with Crippen molar-refractivity contribution in [3.8, 4) is 0 Å². The smallest absolute Gasteiger partial charge is 0.334 e. The van der Waals surface area contributed by atoms with E-state index in [-0.39, 0.29) is 17.3 Å². The summed E-state index contributed by atoms with van der Waals surface area (Å²) in [6.45, 7) is 0. The second-order valence-corrected chi connectivity index (χ2v) is 5.06. The number of hydrogen-bond acceptors (Lipinski definition) is 6. The van der Waals surface area contributed by atoms with E-state index in [1.165, 1.54) is 12.1 Å². The molecule has 0 fully saturated rings. The Kier molecular flexibility index (Phi) is 4.65. The van der Waals surface area contributed by atoms with Crippen LogP contribution in [0.15, 0.2) is 48.8 Å². The van der Waals surface area contributed by atoms with Crippen LogP contribution >= 0.6 is 0 Å². The average molecular weight is 361 g/mol. The summed E-state index contributed by atoms with van der Waals surface area (Å²) >= 11 is 0. The Morgan fingerprint density at radius 3 is 2.15 bits per heavy atom. The van der Waals surface area contributed by atoms with Gasteiger partial charge in [0, 0.05) is 11.8 Å². The number of anilines is 4. The molecule has 0 saturated heterocycles. The number of nitrogens with one attached hydrogen (secondary N) is 2. The molecule has 3 aromatic rings. The van der Waals surface area contributed by atoms with Gasteiger partial charge in [0.05, 0.1) is 10.6 Å². The molecule has 10 heteroatoms. The molecule has 26 heavy (non-hydrogen) atoms. The molecule has 0 atom stereocenters. The lowest BCUT2D eigenvalue weighted by Gasteiger charge is -2.10. The van der Waals surface area contributed by atoms with Crippen LogP contribution in [0.25, 0.3) is 0 Å². The maximum atomic E-state index is 13.8. The molecule has 1 aromatic heterocycles. The number of nitro groups is 1. The van der Waals surface area contributed by atoms with Crippen LogP contribution in [0.1, 0.15) is 0 Å². The van der Waals surface area contributed by atoms with Gasteiger partial charge in [0.15, 0.2) is 0 Å². The summed E-state index contributed by atoms with van der Waals surface area (Å²) in [6.07, 6.45) is 1.01. The van der Waals surface area contributed by atoms with Gasteiger partial charge < -0.3 is 10.6 Å². The van der Waals surface area contributed by atoms with Crippen molar-refractivity contribution in [1.29, 1.82) is 0 Å². The third-order valence-corrected chi connectivity index (χ3v) is 3.29. The van der Waals surface area contributed by atoms with Crippen LogP contribution in [0.5, 0.6) is 0 Å². The summed E-state index contributed by atoms with van der Waals surface area (Å²) in [5, 5.41) is 16.5. The quantitative estimate of drug-likeness (QED) is 0.520. The van der Waals surface area contributed by atoms with E-state index >= 15 is 0 Å². The minimum Gasteiger partial charge on any atom is -0.334 e. The van der Waals surface area contributed by atoms with Crippen molar-refractivity contribution in [2.24, 2.45) is 0 Å². The lowest BCUT2D eigenvalue weighted by atomic mass is 10.3. The predicted octanol–water partition coefficient (Wildman–Crippen LogP) is 4.29. The third kappa shape index (κ3) is 3.69. The molecule has 0 bridgehead atoms. The molecule has 0 aliphatic carbocycles. The number of halogens is 3. The zero-order valence-electron chi connectivity index (χ0n) is 12.9. The molecule has 0 spiro atoms. The van der Waals surface area contributed by atoms with Crippen molar-refractivity contribution in [3.05, 3.63) is 76.4 Å². The highest BCUT2D eigenvalue weighted by Crippen LogP contribution is 2.33. The first-order valence-corrected chi connectivity index (χ1v) is 7.18. The van der Waals surface area contributed by atoms with Crippen molar-refractivity contribution < 1.29 is 18.1 Å². The average Bonchev–Trinajstić information content (AvgIpc) is 2.60. The molecular formula is C16H10F3N5O2. The van der Waals surface area contributed by atoms with E-state index < -0.39 is 28.1 Å². The third-order valence-electron chi connectivity index (χ3n) is 3.29. The monoisotopic (exact) mass is 361 g/mol. The topological polar surface area (TPSA) is 93.0 Å². The predicted molar refractivity (Wildman–Crippen MR) is 88.0 cm³/mol. The Morgan fingerprint density at radius 2 is 1.50 bits per heavy atom. The first-order chi connectivity index (χ1) is 12.4. The summed E-state index contributed by atoms with van der Waals surface area (Å²) < 4.78 is 40.0. The number of aromatic nitrogens is 2. The number of benzene rings is 2. The maximum Gasteiger partial charge on any atom is 0.353 e. The molecule has 0 amide bonds. The molecule has 0 aliphatic heterocycles. The second kappa shape index (κ2) is 7.05. The Bertz CT molecular complexity index is 967. The van der Waals surface area contributed by atoms with Gasteiger partial charge in [-0.3, -0.25) is 10.1 Å². The molecule has 0 unspecified atom stereocenters. The summed E-state index contributed by atoms with van der Waals surface area (Å²) in [5.74, 6) is -2.55. The van der Waals surface area contributed by atoms with Crippen LogP contribution in [-0.4, -0.2) is 14.9 Å². The van der Waals surface area contributed by atoms with Crippen LogP contribution in [0.2, 0.25) is 0 Å². The molecule has 1 heterocycles. The standard InChI is InChI=1S/C16H10F3N5O2/c17-9-1-4-11(5-2-9)22-15-14(24(25)26)16(21-8-20-15)23-13-7-10(18)3-6-12(13)19/h1-8H,(H2,20,21,22,23). The Morgan fingerprint density at radius 1 is 0.885 bits per heavy atom. The zero-order valence-corrected chi connectivity index (χ0v) is 12.9. The van der Waals surface area contributed by atoms with Crippen molar-refractivity contribution in [1.82, 2.24) is 9.97 Å². The fourth-order valence-corrected chi connectivity index (χ4v) is 2.13. The highest BCUT2D eigenvalue weighted by atomic mass is 19.1. The minimum atomic E-state index is -0.813. The lowest BCUT2D eigenvalue weighted by molar-refractivity contribution is -0.383. The first kappa shape index (κ1) is 17.1. The van der Waals surface area contributed by atoms with Gasteiger partial charge in [-0.1, -0.05) is 0 Å². The van der Waals surface area contributed by atoms with Gasteiger partial charge in [0.1, 0.15) is 23.8 Å². The van der Waals surface area contributed by atoms with E-state index in [0.29, 0.717) is 5.69 Å². The highest BCUT2D eigenvalue weighted by molar-refractivity contribution is 5.76. The minimum absolute atomic E-state index is 0.198. The van der Waals surface area contributed by atoms with Crippen molar-refractivity contribution in [2.45, 2.75) is 0 Å². The number of nitrogens with zero attached hydrogens (tertiary/aromatic N) is 3. The highest BCUT2D eigenvalue weighted by Gasteiger charge is 2.24. The molecule has 3 rings (SSSR count). The van der Waals surface area contributed by atoms with E-state index in [9.17, 15) is 23.3 Å². The van der Waals surface area contributed by atoms with Crippen molar-refractivity contribution in [2.75, 3.05) is 10.6 Å². The molecule has 2 N–H and O–H groups in total. The molecule has 2 aromatic carbocycles. The van der Waals surface area contributed by atoms with Gasteiger partial charge in [-0.05, 0) is 36.4 Å². The normalized spacial score (nSPS) is 10.4. The SMILES string of the molecule is O=[N+]([O-])c1c(Nc2ccc(F)cc2)ncnc1Nc1cc(F)ccc1F. The van der Waals surface area contributed by atoms with Gasteiger partial charge in [-0.15, -0.1) is 0 Å². The van der Waals surface area contributed by atoms with Crippen LogP contribution in [0.3, 0.4) is 0 Å². The van der Waals surface area contributed by atoms with Gasteiger partial charge in [0.2, 0.25) is 11.6 Å². The molecule has 0 radical (unpaired) electrons.